The molecule has 6 heteroatoms. The first-order valence-electron chi connectivity index (χ1n) is 6.86. The Bertz CT molecular complexity index is 711. The molecule has 1 aromatic carbocycles. The largest absolute Gasteiger partial charge is 0.346 e. The SMILES string of the molecule is CO[P@]1(=S)/C(=C2/N(C)c3ccccc3C2(C)C)C=NN1C. The summed E-state index contributed by atoms with van der Waals surface area (Å²) in [7, 11) is 5.67. The van der Waals surface area contributed by atoms with Crippen molar-refractivity contribution in [2.75, 3.05) is 26.1 Å². The van der Waals surface area contributed by atoms with E-state index in [0.29, 0.717) is 0 Å². The van der Waals surface area contributed by atoms with Crippen LogP contribution >= 0.6 is 6.42 Å². The Balaban J connectivity index is 2.28. The van der Waals surface area contributed by atoms with Crippen molar-refractivity contribution in [2.45, 2.75) is 19.3 Å². The van der Waals surface area contributed by atoms with Gasteiger partial charge in [0, 0.05) is 38.0 Å². The highest BCUT2D eigenvalue weighted by atomic mass is 32.4. The second-order valence-corrected chi connectivity index (χ2v) is 9.82. The molecule has 0 aliphatic carbocycles. The zero-order valence-corrected chi connectivity index (χ0v) is 14.7. The highest BCUT2D eigenvalue weighted by molar-refractivity contribution is 8.13. The fraction of sp³-hybridized carbons (Fsp3) is 0.400. The molecule has 0 saturated carbocycles. The van der Waals surface area contributed by atoms with Gasteiger partial charge in [-0.25, -0.2) is 4.78 Å². The van der Waals surface area contributed by atoms with E-state index >= 15 is 0 Å². The maximum absolute atomic E-state index is 5.82. The fourth-order valence-corrected chi connectivity index (χ4v) is 5.66. The maximum atomic E-state index is 5.82. The van der Waals surface area contributed by atoms with Crippen LogP contribution in [0, 0.1) is 0 Å². The third kappa shape index (κ3) is 1.84. The lowest BCUT2D eigenvalue weighted by atomic mass is 9.84. The van der Waals surface area contributed by atoms with E-state index in [4.69, 9.17) is 16.3 Å². The van der Waals surface area contributed by atoms with E-state index in [1.165, 1.54) is 16.9 Å². The zero-order valence-electron chi connectivity index (χ0n) is 13.0. The number of rotatable bonds is 1. The van der Waals surface area contributed by atoms with Gasteiger partial charge in [0.15, 0.2) is 0 Å². The van der Waals surface area contributed by atoms with Gasteiger partial charge in [-0.3, -0.25) is 0 Å². The Kier molecular flexibility index (Phi) is 3.28. The molecular formula is C15H20N3OPS. The smallest absolute Gasteiger partial charge is 0.204 e. The van der Waals surface area contributed by atoms with Crippen molar-refractivity contribution in [2.24, 2.45) is 5.10 Å². The second-order valence-electron chi connectivity index (χ2n) is 5.87. The number of anilines is 1. The molecule has 1 atom stereocenters. The van der Waals surface area contributed by atoms with Crippen LogP contribution < -0.4 is 4.90 Å². The lowest BCUT2D eigenvalue weighted by molar-refractivity contribution is 0.412. The van der Waals surface area contributed by atoms with Crippen molar-refractivity contribution in [1.29, 1.82) is 0 Å². The van der Waals surface area contributed by atoms with E-state index in [0.717, 1.165) is 5.31 Å². The summed E-state index contributed by atoms with van der Waals surface area (Å²) in [4.78, 5) is 2.23. The summed E-state index contributed by atoms with van der Waals surface area (Å²) in [5.74, 6) is 0. The highest BCUT2D eigenvalue weighted by Crippen LogP contribution is 2.64. The van der Waals surface area contributed by atoms with Gasteiger partial charge < -0.3 is 9.42 Å². The number of likely N-dealkylation sites (N-methyl/N-ethyl adjacent to an activating group) is 1. The predicted molar refractivity (Wildman–Crippen MR) is 92.4 cm³/mol. The number of nitrogens with zero attached hydrogens (tertiary/aromatic N) is 3. The molecule has 0 unspecified atom stereocenters. The van der Waals surface area contributed by atoms with Gasteiger partial charge in [0.05, 0.1) is 11.5 Å². The molecule has 0 amide bonds. The minimum absolute atomic E-state index is 0.111. The number of benzene rings is 1. The summed E-state index contributed by atoms with van der Waals surface area (Å²) in [6.45, 7) is 4.47. The molecule has 0 N–H and O–H groups in total. The van der Waals surface area contributed by atoms with Crippen molar-refractivity contribution in [3.63, 3.8) is 0 Å². The minimum Gasteiger partial charge on any atom is -0.346 e. The third-order valence-corrected chi connectivity index (χ3v) is 8.43. The Morgan fingerprint density at radius 2 is 1.90 bits per heavy atom. The van der Waals surface area contributed by atoms with Crippen LogP contribution in [-0.4, -0.2) is 32.2 Å². The number of fused-ring (bicyclic) bond motifs is 1. The van der Waals surface area contributed by atoms with Crippen LogP contribution in [0.2, 0.25) is 0 Å². The molecule has 0 fully saturated rings. The first-order chi connectivity index (χ1) is 9.84. The lowest BCUT2D eigenvalue weighted by Crippen LogP contribution is -2.25. The monoisotopic (exact) mass is 321 g/mol. The number of para-hydroxylation sites is 1. The minimum atomic E-state index is -2.26. The van der Waals surface area contributed by atoms with Crippen molar-refractivity contribution >= 4 is 30.1 Å². The third-order valence-electron chi connectivity index (χ3n) is 4.39. The first-order valence-corrected chi connectivity index (χ1v) is 9.54. The number of hydrogen-bond donors (Lipinski definition) is 0. The molecule has 0 saturated heterocycles. The molecule has 0 aromatic heterocycles. The predicted octanol–water partition coefficient (Wildman–Crippen LogP) is 3.51. The fourth-order valence-electron chi connectivity index (χ4n) is 3.30. The molecule has 1 aromatic rings. The number of hydrazone groups is 1. The van der Waals surface area contributed by atoms with Gasteiger partial charge >= 0.3 is 0 Å². The van der Waals surface area contributed by atoms with E-state index in [-0.39, 0.29) is 5.41 Å². The van der Waals surface area contributed by atoms with Crippen LogP contribution in [-0.2, 0) is 21.7 Å². The van der Waals surface area contributed by atoms with Crippen LogP contribution in [0.25, 0.3) is 0 Å². The molecule has 3 rings (SSSR count). The molecule has 2 aliphatic rings. The summed E-state index contributed by atoms with van der Waals surface area (Å²) >= 11 is 5.82. The van der Waals surface area contributed by atoms with E-state index in [1.54, 1.807) is 11.9 Å². The summed E-state index contributed by atoms with van der Waals surface area (Å²) in [6, 6.07) is 8.49. The van der Waals surface area contributed by atoms with E-state index in [9.17, 15) is 0 Å². The summed E-state index contributed by atoms with van der Waals surface area (Å²) in [6.07, 6.45) is -0.386. The van der Waals surface area contributed by atoms with Gasteiger partial charge in [-0.15, -0.1) is 0 Å². The molecule has 0 bridgehead atoms. The van der Waals surface area contributed by atoms with Crippen LogP contribution in [0.3, 0.4) is 0 Å². The average molecular weight is 321 g/mol. The molecule has 21 heavy (non-hydrogen) atoms. The van der Waals surface area contributed by atoms with Crippen molar-refractivity contribution in [1.82, 2.24) is 4.78 Å². The van der Waals surface area contributed by atoms with Crippen molar-refractivity contribution in [3.8, 4) is 0 Å². The van der Waals surface area contributed by atoms with Gasteiger partial charge in [-0.05, 0) is 23.4 Å². The number of hydrogen-bond acceptors (Lipinski definition) is 4. The molecule has 112 valence electrons. The van der Waals surface area contributed by atoms with Gasteiger partial charge in [-0.2, -0.15) is 5.10 Å². The highest BCUT2D eigenvalue weighted by Gasteiger charge is 2.45. The lowest BCUT2D eigenvalue weighted by Gasteiger charge is -2.30. The molecule has 0 radical (unpaired) electrons. The van der Waals surface area contributed by atoms with Gasteiger partial charge in [0.1, 0.15) is 0 Å². The Morgan fingerprint density at radius 3 is 2.52 bits per heavy atom. The quantitative estimate of drug-likeness (QED) is 0.740. The first kappa shape index (κ1) is 14.8. The standard InChI is InChI=1S/C15H20N3OPS/c1-15(2)11-8-6-7-9-12(11)17(3)14(15)13-10-16-18(4)20(13,21)19-5/h6-10H,1-5H3/b14-13+/t20-/m0/s1. The van der Waals surface area contributed by atoms with Crippen LogP contribution in [0.15, 0.2) is 40.4 Å². The normalized spacial score (nSPS) is 30.1. The van der Waals surface area contributed by atoms with Crippen molar-refractivity contribution in [3.05, 3.63) is 40.8 Å². The summed E-state index contributed by atoms with van der Waals surface area (Å²) in [5, 5.41) is 5.44. The van der Waals surface area contributed by atoms with Gasteiger partial charge in [0.2, 0.25) is 6.42 Å². The van der Waals surface area contributed by atoms with Crippen LogP contribution in [0.1, 0.15) is 19.4 Å². The maximum Gasteiger partial charge on any atom is 0.204 e. The molecule has 2 heterocycles. The Labute approximate surface area is 131 Å². The molecule has 2 aliphatic heterocycles. The summed E-state index contributed by atoms with van der Waals surface area (Å²) < 4.78 is 7.52. The molecule has 0 spiro atoms. The van der Waals surface area contributed by atoms with E-state index < -0.39 is 6.42 Å². The Hall–Kier alpha value is -1.16. The van der Waals surface area contributed by atoms with Gasteiger partial charge in [-0.1, -0.05) is 32.0 Å². The topological polar surface area (TPSA) is 28.1 Å². The van der Waals surface area contributed by atoms with Crippen molar-refractivity contribution < 1.29 is 4.52 Å². The number of allylic oxidation sites excluding steroid dienone is 2. The second kappa shape index (κ2) is 4.67. The zero-order chi connectivity index (χ0) is 15.4. The average Bonchev–Trinajstić information content (AvgIpc) is 2.86. The van der Waals surface area contributed by atoms with Crippen LogP contribution in [0.4, 0.5) is 5.69 Å². The Morgan fingerprint density at radius 1 is 1.24 bits per heavy atom. The summed E-state index contributed by atoms with van der Waals surface area (Å²) in [5.41, 5.74) is 3.63. The van der Waals surface area contributed by atoms with Crippen LogP contribution in [0.5, 0.6) is 0 Å². The van der Waals surface area contributed by atoms with E-state index in [1.807, 2.05) is 13.3 Å². The molecular weight excluding hydrogens is 301 g/mol. The van der Waals surface area contributed by atoms with Gasteiger partial charge in [0.25, 0.3) is 0 Å². The molecule has 4 nitrogen and oxygen atoms in total. The van der Waals surface area contributed by atoms with E-state index in [2.05, 4.69) is 55.2 Å².